The molecule has 0 heterocycles. The van der Waals surface area contributed by atoms with Crippen LogP contribution in [0, 0.1) is 0 Å². The largest absolute Gasteiger partial charge is 0.507 e. The summed E-state index contributed by atoms with van der Waals surface area (Å²) >= 11 is 3.27. The molecule has 2 amide bonds. The molecule has 0 fully saturated rings. The molecule has 7 heteroatoms. The lowest BCUT2D eigenvalue weighted by Crippen LogP contribution is -2.39. The number of phenolic OH excluding ortho intramolecular Hbond substituents is 1. The monoisotopic (exact) mass is 389 g/mol. The van der Waals surface area contributed by atoms with Crippen molar-refractivity contribution in [1.29, 1.82) is 0 Å². The molecular formula is C17H16BrN3O3. The Hall–Kier alpha value is -2.67. The fourth-order valence-corrected chi connectivity index (χ4v) is 2.31. The first-order valence-corrected chi connectivity index (χ1v) is 7.94. The SMILES string of the molecule is CC(NC(=O)C(=O)N/N=C/c1cc(Br)ccc1O)c1ccccc1. The number of aromatic hydroxyl groups is 1. The van der Waals surface area contributed by atoms with Gasteiger partial charge in [-0.05, 0) is 30.7 Å². The second-order valence-electron chi connectivity index (χ2n) is 5.01. The normalized spacial score (nSPS) is 11.9. The number of phenols is 1. The fourth-order valence-electron chi connectivity index (χ4n) is 1.93. The molecule has 0 aliphatic heterocycles. The van der Waals surface area contributed by atoms with E-state index in [1.54, 1.807) is 19.1 Å². The summed E-state index contributed by atoms with van der Waals surface area (Å²) in [6.07, 6.45) is 1.26. The number of hydrogen-bond donors (Lipinski definition) is 3. The Morgan fingerprint density at radius 2 is 1.88 bits per heavy atom. The van der Waals surface area contributed by atoms with Gasteiger partial charge in [0.15, 0.2) is 0 Å². The zero-order valence-corrected chi connectivity index (χ0v) is 14.4. The van der Waals surface area contributed by atoms with Crippen LogP contribution in [-0.2, 0) is 9.59 Å². The minimum Gasteiger partial charge on any atom is -0.507 e. The number of hydrogen-bond acceptors (Lipinski definition) is 4. The van der Waals surface area contributed by atoms with Crippen molar-refractivity contribution in [3.8, 4) is 5.75 Å². The summed E-state index contributed by atoms with van der Waals surface area (Å²) in [6.45, 7) is 1.78. The van der Waals surface area contributed by atoms with Crippen LogP contribution in [0.25, 0.3) is 0 Å². The van der Waals surface area contributed by atoms with E-state index in [2.05, 4.69) is 31.8 Å². The third-order valence-electron chi connectivity index (χ3n) is 3.21. The molecule has 0 saturated heterocycles. The minimum atomic E-state index is -0.886. The van der Waals surface area contributed by atoms with Gasteiger partial charge in [0.05, 0.1) is 12.3 Å². The molecule has 0 saturated carbocycles. The summed E-state index contributed by atoms with van der Waals surface area (Å²) in [6, 6.07) is 13.8. The van der Waals surface area contributed by atoms with E-state index >= 15 is 0 Å². The van der Waals surface area contributed by atoms with Gasteiger partial charge in [0.25, 0.3) is 0 Å². The lowest BCUT2D eigenvalue weighted by molar-refractivity contribution is -0.139. The maximum Gasteiger partial charge on any atom is 0.329 e. The Balaban J connectivity index is 1.91. The van der Waals surface area contributed by atoms with Gasteiger partial charge < -0.3 is 10.4 Å². The lowest BCUT2D eigenvalue weighted by Gasteiger charge is -2.13. The molecule has 0 bridgehead atoms. The summed E-state index contributed by atoms with van der Waals surface area (Å²) < 4.78 is 0.752. The number of amides is 2. The van der Waals surface area contributed by atoms with Crippen LogP contribution in [0.15, 0.2) is 58.1 Å². The number of nitrogens with zero attached hydrogens (tertiary/aromatic N) is 1. The highest BCUT2D eigenvalue weighted by Crippen LogP contribution is 2.19. The first-order valence-electron chi connectivity index (χ1n) is 7.14. The van der Waals surface area contributed by atoms with Crippen LogP contribution in [0.2, 0.25) is 0 Å². The van der Waals surface area contributed by atoms with Crippen LogP contribution in [0.4, 0.5) is 0 Å². The number of halogens is 1. The molecule has 0 aliphatic carbocycles. The molecule has 1 unspecified atom stereocenters. The highest BCUT2D eigenvalue weighted by molar-refractivity contribution is 9.10. The van der Waals surface area contributed by atoms with Crippen molar-refractivity contribution in [3.63, 3.8) is 0 Å². The van der Waals surface area contributed by atoms with Gasteiger partial charge in [-0.1, -0.05) is 46.3 Å². The molecule has 6 nitrogen and oxygen atoms in total. The van der Waals surface area contributed by atoms with Gasteiger partial charge in [-0.3, -0.25) is 9.59 Å². The zero-order valence-electron chi connectivity index (χ0n) is 12.9. The van der Waals surface area contributed by atoms with Gasteiger partial charge in [0.1, 0.15) is 5.75 Å². The number of carbonyl (C=O) groups excluding carboxylic acids is 2. The standard InChI is InChI=1S/C17H16BrN3O3/c1-11(12-5-3-2-4-6-12)20-16(23)17(24)21-19-10-13-9-14(18)7-8-15(13)22/h2-11,22H,1H3,(H,20,23)(H,21,24)/b19-10+. The highest BCUT2D eigenvalue weighted by Gasteiger charge is 2.16. The van der Waals surface area contributed by atoms with Crippen molar-refractivity contribution in [2.45, 2.75) is 13.0 Å². The second kappa shape index (κ2) is 8.26. The van der Waals surface area contributed by atoms with E-state index in [1.165, 1.54) is 12.3 Å². The van der Waals surface area contributed by atoms with Gasteiger partial charge in [-0.25, -0.2) is 5.43 Å². The molecule has 1 atom stereocenters. The number of benzene rings is 2. The van der Waals surface area contributed by atoms with Gasteiger partial charge in [-0.15, -0.1) is 0 Å². The number of carbonyl (C=O) groups is 2. The number of rotatable bonds is 4. The summed E-state index contributed by atoms with van der Waals surface area (Å²) in [5.41, 5.74) is 3.42. The first-order chi connectivity index (χ1) is 11.5. The predicted molar refractivity (Wildman–Crippen MR) is 94.5 cm³/mol. The molecule has 0 aromatic heterocycles. The summed E-state index contributed by atoms with van der Waals surface area (Å²) in [5, 5.41) is 15.9. The molecule has 2 aromatic carbocycles. The van der Waals surface area contributed by atoms with Crippen molar-refractivity contribution in [2.24, 2.45) is 5.10 Å². The molecule has 3 N–H and O–H groups in total. The maximum atomic E-state index is 11.8. The van der Waals surface area contributed by atoms with Crippen LogP contribution in [0.5, 0.6) is 5.75 Å². The van der Waals surface area contributed by atoms with E-state index in [9.17, 15) is 14.7 Å². The molecule has 2 aromatic rings. The summed E-state index contributed by atoms with van der Waals surface area (Å²) in [7, 11) is 0. The van der Waals surface area contributed by atoms with Crippen molar-refractivity contribution in [1.82, 2.24) is 10.7 Å². The molecule has 24 heavy (non-hydrogen) atoms. The Kier molecular flexibility index (Phi) is 6.08. The fraction of sp³-hybridized carbons (Fsp3) is 0.118. The van der Waals surface area contributed by atoms with E-state index in [0.717, 1.165) is 10.0 Å². The summed E-state index contributed by atoms with van der Waals surface area (Å²) in [5.74, 6) is -1.66. The predicted octanol–water partition coefficient (Wildman–Crippen LogP) is 2.48. The number of hydrazone groups is 1. The van der Waals surface area contributed by atoms with E-state index < -0.39 is 11.8 Å². The molecular weight excluding hydrogens is 374 g/mol. The smallest absolute Gasteiger partial charge is 0.329 e. The molecule has 124 valence electrons. The topological polar surface area (TPSA) is 90.8 Å². The maximum absolute atomic E-state index is 11.8. The Labute approximate surface area is 147 Å². The van der Waals surface area contributed by atoms with Gasteiger partial charge in [0, 0.05) is 10.0 Å². The second-order valence-corrected chi connectivity index (χ2v) is 5.92. The summed E-state index contributed by atoms with van der Waals surface area (Å²) in [4.78, 5) is 23.6. The van der Waals surface area contributed by atoms with Crippen LogP contribution in [0.3, 0.4) is 0 Å². The van der Waals surface area contributed by atoms with Crippen LogP contribution in [0.1, 0.15) is 24.1 Å². The van der Waals surface area contributed by atoms with Gasteiger partial charge in [-0.2, -0.15) is 5.10 Å². The van der Waals surface area contributed by atoms with Crippen molar-refractivity contribution < 1.29 is 14.7 Å². The van der Waals surface area contributed by atoms with Gasteiger partial charge >= 0.3 is 11.8 Å². The average Bonchev–Trinajstić information content (AvgIpc) is 2.58. The molecule has 0 spiro atoms. The molecule has 0 aliphatic rings. The molecule has 2 rings (SSSR count). The van der Waals surface area contributed by atoms with Crippen molar-refractivity contribution in [2.75, 3.05) is 0 Å². The quantitative estimate of drug-likeness (QED) is 0.426. The van der Waals surface area contributed by atoms with Crippen molar-refractivity contribution in [3.05, 3.63) is 64.1 Å². The highest BCUT2D eigenvalue weighted by atomic mass is 79.9. The van der Waals surface area contributed by atoms with E-state index in [1.807, 2.05) is 30.3 Å². The zero-order chi connectivity index (χ0) is 17.5. The van der Waals surface area contributed by atoms with Crippen molar-refractivity contribution >= 4 is 34.0 Å². The molecule has 0 radical (unpaired) electrons. The Morgan fingerprint density at radius 1 is 1.17 bits per heavy atom. The minimum absolute atomic E-state index is 0.0124. The van der Waals surface area contributed by atoms with E-state index in [0.29, 0.717) is 5.56 Å². The van der Waals surface area contributed by atoms with E-state index in [-0.39, 0.29) is 11.8 Å². The Bertz CT molecular complexity index is 763. The first kappa shape index (κ1) is 17.7. The third kappa shape index (κ3) is 4.92. The van der Waals surface area contributed by atoms with Crippen LogP contribution in [-0.4, -0.2) is 23.1 Å². The van der Waals surface area contributed by atoms with Gasteiger partial charge in [0.2, 0.25) is 0 Å². The van der Waals surface area contributed by atoms with E-state index in [4.69, 9.17) is 0 Å². The Morgan fingerprint density at radius 3 is 2.58 bits per heavy atom. The third-order valence-corrected chi connectivity index (χ3v) is 3.71. The average molecular weight is 390 g/mol. The van der Waals surface area contributed by atoms with Crippen LogP contribution >= 0.6 is 15.9 Å². The number of nitrogens with one attached hydrogen (secondary N) is 2. The lowest BCUT2D eigenvalue weighted by atomic mass is 10.1. The van der Waals surface area contributed by atoms with Crippen LogP contribution < -0.4 is 10.7 Å².